The summed E-state index contributed by atoms with van der Waals surface area (Å²) < 4.78 is 100. The van der Waals surface area contributed by atoms with E-state index in [0.29, 0.717) is 6.92 Å². The molecule has 0 amide bonds. The Morgan fingerprint density at radius 3 is 1.86 bits per heavy atom. The Hall–Kier alpha value is -1.71. The van der Waals surface area contributed by atoms with E-state index in [1.165, 1.54) is 18.2 Å². The molecule has 0 fully saturated rings. The number of benzene rings is 1. The van der Waals surface area contributed by atoms with Crippen LogP contribution in [-0.4, -0.2) is 20.1 Å². The van der Waals surface area contributed by atoms with Crippen LogP contribution in [-0.2, 0) is 14.3 Å². The first-order valence-corrected chi connectivity index (χ1v) is 6.61. The molecule has 0 spiro atoms. The zero-order valence-electron chi connectivity index (χ0n) is 10.3. The second-order valence-corrected chi connectivity index (χ2v) is 5.34. The monoisotopic (exact) mass is 334 g/mol. The summed E-state index contributed by atoms with van der Waals surface area (Å²) in [6.07, 6.45) is -5.05. The summed E-state index contributed by atoms with van der Waals surface area (Å²) >= 11 is 0. The molecule has 0 aliphatic carbocycles. The van der Waals surface area contributed by atoms with Gasteiger partial charge in [0.2, 0.25) is 0 Å². The van der Waals surface area contributed by atoms with Crippen molar-refractivity contribution < 1.29 is 38.9 Å². The van der Waals surface area contributed by atoms with Gasteiger partial charge in [-0.2, -0.15) is 34.8 Å². The molecular weight excluding hydrogens is 326 g/mol. The summed E-state index contributed by atoms with van der Waals surface area (Å²) in [5.74, 6) is -1.42. The molecule has 0 bridgehead atoms. The molecule has 0 aliphatic heterocycles. The van der Waals surface area contributed by atoms with Crippen molar-refractivity contribution in [2.75, 3.05) is 0 Å². The van der Waals surface area contributed by atoms with E-state index in [0.717, 1.165) is 12.1 Å². The number of rotatable bonds is 3. The number of allylic oxidation sites excluding steroid dienone is 1. The molecule has 0 saturated carbocycles. The summed E-state index contributed by atoms with van der Waals surface area (Å²) in [7, 11) is -6.21. The van der Waals surface area contributed by atoms with Crippen LogP contribution in [0.1, 0.15) is 12.5 Å². The van der Waals surface area contributed by atoms with Crippen molar-refractivity contribution in [1.29, 1.82) is 0 Å². The quantitative estimate of drug-likeness (QED) is 0.365. The smallest absolute Gasteiger partial charge is 0.375 e. The van der Waals surface area contributed by atoms with E-state index in [-0.39, 0.29) is 0 Å². The number of alkyl halides is 6. The standard InChI is InChI=1S/C11H8F6O3S/c1-7(10(12,13)14)9(8-5-3-2-4-6-8)20-21(18,19)11(15,16)17/h2-6H,1H3/b9-7+. The minimum atomic E-state index is -6.21. The van der Waals surface area contributed by atoms with E-state index in [1.54, 1.807) is 0 Å². The first-order chi connectivity index (χ1) is 9.36. The molecule has 0 heterocycles. The second-order valence-electron chi connectivity index (χ2n) is 3.80. The maximum Gasteiger partial charge on any atom is 0.534 e. The van der Waals surface area contributed by atoms with E-state index in [4.69, 9.17) is 0 Å². The van der Waals surface area contributed by atoms with Crippen LogP contribution in [0.2, 0.25) is 0 Å². The molecule has 0 atom stereocenters. The Morgan fingerprint density at radius 1 is 1.00 bits per heavy atom. The van der Waals surface area contributed by atoms with Crippen LogP contribution in [0.3, 0.4) is 0 Å². The Labute approximate surface area is 116 Å². The van der Waals surface area contributed by atoms with Crippen molar-refractivity contribution in [2.24, 2.45) is 0 Å². The molecule has 1 aromatic carbocycles. The Morgan fingerprint density at radius 2 is 1.48 bits per heavy atom. The molecule has 10 heteroatoms. The van der Waals surface area contributed by atoms with Crippen LogP contribution < -0.4 is 0 Å². The van der Waals surface area contributed by atoms with Crippen molar-refractivity contribution in [1.82, 2.24) is 0 Å². The summed E-state index contributed by atoms with van der Waals surface area (Å²) in [5, 5.41) is 0. The van der Waals surface area contributed by atoms with Gasteiger partial charge < -0.3 is 4.18 Å². The number of hydrogen-bond donors (Lipinski definition) is 0. The fourth-order valence-electron chi connectivity index (χ4n) is 1.20. The van der Waals surface area contributed by atoms with Gasteiger partial charge in [0, 0.05) is 5.56 Å². The Balaban J connectivity index is 3.44. The van der Waals surface area contributed by atoms with Crippen LogP contribution in [0.5, 0.6) is 0 Å². The molecule has 118 valence electrons. The zero-order valence-corrected chi connectivity index (χ0v) is 11.1. The molecule has 0 radical (unpaired) electrons. The predicted molar refractivity (Wildman–Crippen MR) is 61.2 cm³/mol. The van der Waals surface area contributed by atoms with Gasteiger partial charge in [0.1, 0.15) is 0 Å². The number of hydrogen-bond acceptors (Lipinski definition) is 3. The Bertz CT molecular complexity index is 628. The van der Waals surface area contributed by atoms with Crippen LogP contribution in [0.4, 0.5) is 26.3 Å². The van der Waals surface area contributed by atoms with Gasteiger partial charge in [-0.15, -0.1) is 0 Å². The first kappa shape index (κ1) is 17.3. The maximum atomic E-state index is 12.6. The van der Waals surface area contributed by atoms with Crippen LogP contribution in [0.15, 0.2) is 35.9 Å². The topological polar surface area (TPSA) is 43.4 Å². The third kappa shape index (κ3) is 4.13. The average Bonchev–Trinajstić information content (AvgIpc) is 2.33. The lowest BCUT2D eigenvalue weighted by Crippen LogP contribution is -2.26. The lowest BCUT2D eigenvalue weighted by atomic mass is 10.1. The van der Waals surface area contributed by atoms with Crippen LogP contribution in [0.25, 0.3) is 5.76 Å². The van der Waals surface area contributed by atoms with E-state index >= 15 is 0 Å². The molecule has 0 aliphatic rings. The molecule has 1 rings (SSSR count). The van der Waals surface area contributed by atoms with Gasteiger partial charge in [0.05, 0.1) is 5.57 Å². The SMILES string of the molecule is C/C(=C(\OS(=O)(=O)C(F)(F)F)c1ccccc1)C(F)(F)F. The van der Waals surface area contributed by atoms with Crippen molar-refractivity contribution in [3.8, 4) is 0 Å². The molecular formula is C11H8F6O3S. The van der Waals surface area contributed by atoms with Gasteiger partial charge in [-0.05, 0) is 6.92 Å². The minimum Gasteiger partial charge on any atom is -0.375 e. The normalized spacial score (nSPS) is 14.6. The molecule has 0 N–H and O–H groups in total. The summed E-state index contributed by atoms with van der Waals surface area (Å²) in [6.45, 7) is 0.425. The fraction of sp³-hybridized carbons (Fsp3) is 0.273. The molecule has 0 saturated heterocycles. The number of halogens is 6. The lowest BCUT2D eigenvalue weighted by molar-refractivity contribution is -0.0919. The molecule has 21 heavy (non-hydrogen) atoms. The van der Waals surface area contributed by atoms with Gasteiger partial charge in [-0.25, -0.2) is 0 Å². The molecule has 3 nitrogen and oxygen atoms in total. The third-order valence-electron chi connectivity index (χ3n) is 2.28. The van der Waals surface area contributed by atoms with E-state index in [1.807, 2.05) is 0 Å². The van der Waals surface area contributed by atoms with Crippen molar-refractivity contribution in [2.45, 2.75) is 18.6 Å². The van der Waals surface area contributed by atoms with E-state index in [9.17, 15) is 34.8 Å². The largest absolute Gasteiger partial charge is 0.534 e. The third-order valence-corrected chi connectivity index (χ3v) is 3.23. The van der Waals surface area contributed by atoms with Gasteiger partial charge in [-0.1, -0.05) is 30.3 Å². The first-order valence-electron chi connectivity index (χ1n) is 5.20. The minimum absolute atomic E-state index is 0.425. The molecule has 0 aromatic heterocycles. The highest BCUT2D eigenvalue weighted by atomic mass is 32.2. The van der Waals surface area contributed by atoms with E-state index < -0.39 is 38.7 Å². The van der Waals surface area contributed by atoms with E-state index in [2.05, 4.69) is 4.18 Å². The maximum absolute atomic E-state index is 12.6. The average molecular weight is 334 g/mol. The van der Waals surface area contributed by atoms with Gasteiger partial charge in [0.25, 0.3) is 0 Å². The summed E-state index contributed by atoms with van der Waals surface area (Å²) in [4.78, 5) is 0. The highest BCUT2D eigenvalue weighted by Crippen LogP contribution is 2.36. The fourth-order valence-corrected chi connectivity index (χ4v) is 1.74. The van der Waals surface area contributed by atoms with Crippen molar-refractivity contribution in [3.05, 3.63) is 41.5 Å². The zero-order chi connectivity index (χ0) is 16.5. The molecule has 1 aromatic rings. The van der Waals surface area contributed by atoms with Gasteiger partial charge in [0.15, 0.2) is 5.76 Å². The van der Waals surface area contributed by atoms with Crippen molar-refractivity contribution in [3.63, 3.8) is 0 Å². The highest BCUT2D eigenvalue weighted by molar-refractivity contribution is 7.87. The van der Waals surface area contributed by atoms with Crippen LogP contribution >= 0.6 is 0 Å². The van der Waals surface area contributed by atoms with Crippen LogP contribution in [0, 0.1) is 0 Å². The lowest BCUT2D eigenvalue weighted by Gasteiger charge is -2.16. The summed E-state index contributed by atoms with van der Waals surface area (Å²) in [5.41, 5.74) is -7.87. The second kappa shape index (κ2) is 5.58. The Kier molecular flexibility index (Phi) is 4.61. The predicted octanol–water partition coefficient (Wildman–Crippen LogP) is 3.85. The van der Waals surface area contributed by atoms with Gasteiger partial charge >= 0.3 is 21.8 Å². The summed E-state index contributed by atoms with van der Waals surface area (Å²) in [6, 6.07) is 5.83. The molecule has 0 unspecified atom stereocenters. The van der Waals surface area contributed by atoms with Crippen molar-refractivity contribution >= 4 is 15.9 Å². The van der Waals surface area contributed by atoms with Gasteiger partial charge in [-0.3, -0.25) is 0 Å². The highest BCUT2D eigenvalue weighted by Gasteiger charge is 2.50.